The molecule has 0 aliphatic rings. The van der Waals surface area contributed by atoms with Crippen LogP contribution in [0.5, 0.6) is 11.5 Å². The van der Waals surface area contributed by atoms with Crippen LogP contribution in [-0.4, -0.2) is 26.7 Å². The van der Waals surface area contributed by atoms with Crippen LogP contribution in [0.2, 0.25) is 5.02 Å². The van der Waals surface area contributed by atoms with Gasteiger partial charge in [0.25, 0.3) is 5.69 Å². The smallest absolute Gasteiger partial charge is 0.416 e. The van der Waals surface area contributed by atoms with E-state index in [0.717, 1.165) is 35.9 Å². The van der Waals surface area contributed by atoms with Crippen molar-refractivity contribution in [1.82, 2.24) is 5.32 Å². The average molecular weight is 674 g/mol. The van der Waals surface area contributed by atoms with Gasteiger partial charge in [-0.05, 0) is 49.1 Å². The number of hydrogen-bond donors (Lipinski definition) is 2. The first-order valence-electron chi connectivity index (χ1n) is 12.3. The molecular formula is C29H29BrClF3N2O6. The van der Waals surface area contributed by atoms with Crippen LogP contribution in [0.4, 0.5) is 18.9 Å². The van der Waals surface area contributed by atoms with E-state index in [1.165, 1.54) is 0 Å². The Bertz CT molecular complexity index is 1440. The number of nitro groups is 1. The fraction of sp³-hybridized carbons (Fsp3) is 0.310. The SMILES string of the molecule is CC(C)(NC(=O)C(Br)C(C)(C)C)c1ccccc1.O=C(O)c1cc(Oc2ccc(C(F)(F)F)cc2Cl)ccc1[N+](=O)[O-]. The Hall–Kier alpha value is -3.64. The Kier molecular flexibility index (Phi) is 11.2. The van der Waals surface area contributed by atoms with E-state index in [1.807, 2.05) is 65.0 Å². The van der Waals surface area contributed by atoms with Gasteiger partial charge in [0.1, 0.15) is 17.1 Å². The highest BCUT2D eigenvalue weighted by molar-refractivity contribution is 9.10. The molecule has 3 rings (SSSR count). The number of ether oxygens (including phenoxy) is 1. The zero-order valence-corrected chi connectivity index (χ0v) is 25.6. The van der Waals surface area contributed by atoms with E-state index in [0.29, 0.717) is 6.07 Å². The number of amides is 1. The van der Waals surface area contributed by atoms with Crippen molar-refractivity contribution in [2.45, 2.75) is 51.2 Å². The number of carboxylic acid groups (broad SMARTS) is 1. The number of nitrogens with zero attached hydrogens (tertiary/aromatic N) is 1. The third-order valence-corrected chi connectivity index (χ3v) is 7.89. The van der Waals surface area contributed by atoms with Gasteiger partial charge in [0.15, 0.2) is 0 Å². The van der Waals surface area contributed by atoms with Gasteiger partial charge < -0.3 is 15.2 Å². The van der Waals surface area contributed by atoms with Gasteiger partial charge >= 0.3 is 12.1 Å². The summed E-state index contributed by atoms with van der Waals surface area (Å²) in [5.41, 5.74) is -1.61. The largest absolute Gasteiger partial charge is 0.477 e. The zero-order chi connectivity index (χ0) is 32.0. The minimum Gasteiger partial charge on any atom is -0.477 e. The summed E-state index contributed by atoms with van der Waals surface area (Å²) in [6, 6.07) is 15.3. The van der Waals surface area contributed by atoms with Crippen molar-refractivity contribution >= 4 is 45.1 Å². The third kappa shape index (κ3) is 9.45. The first-order chi connectivity index (χ1) is 19.2. The lowest BCUT2D eigenvalue weighted by molar-refractivity contribution is -0.385. The van der Waals surface area contributed by atoms with Crippen LogP contribution in [0.3, 0.4) is 0 Å². The van der Waals surface area contributed by atoms with Crippen molar-refractivity contribution in [2.75, 3.05) is 0 Å². The molecule has 0 bridgehead atoms. The number of nitro benzene ring substituents is 1. The maximum absolute atomic E-state index is 12.6. The van der Waals surface area contributed by atoms with Gasteiger partial charge in [0.05, 0.1) is 25.9 Å². The topological polar surface area (TPSA) is 119 Å². The van der Waals surface area contributed by atoms with Crippen LogP contribution in [0.15, 0.2) is 66.7 Å². The second-order valence-electron chi connectivity index (χ2n) is 10.7. The second-order valence-corrected chi connectivity index (χ2v) is 12.0. The van der Waals surface area contributed by atoms with Crippen LogP contribution >= 0.6 is 27.5 Å². The van der Waals surface area contributed by atoms with Crippen molar-refractivity contribution in [3.05, 3.63) is 98.6 Å². The molecule has 0 aliphatic heterocycles. The first-order valence-corrected chi connectivity index (χ1v) is 13.6. The predicted octanol–water partition coefficient (Wildman–Crippen LogP) is 8.61. The standard InChI is InChI=1S/C15H22BrNO.C14H7ClF3NO5/c1-14(2,3)12(16)13(18)17-15(4,5)11-9-7-6-8-10-11;15-10-5-7(14(16,17)18)1-4-12(10)24-8-2-3-11(19(22)23)9(6-8)13(20)21/h6-10,12H,1-5H3,(H,17,18);1-6H,(H,20,21). The van der Waals surface area contributed by atoms with Gasteiger partial charge in [-0.15, -0.1) is 0 Å². The monoisotopic (exact) mass is 672 g/mol. The van der Waals surface area contributed by atoms with E-state index < -0.39 is 33.9 Å². The summed E-state index contributed by atoms with van der Waals surface area (Å²) in [5.74, 6) is -1.81. The molecule has 1 amide bonds. The number of aromatic carboxylic acids is 1. The number of rotatable bonds is 7. The fourth-order valence-corrected chi connectivity index (χ4v) is 3.82. The Morgan fingerprint density at radius 3 is 2.05 bits per heavy atom. The highest BCUT2D eigenvalue weighted by Gasteiger charge is 2.33. The molecular weight excluding hydrogens is 645 g/mol. The minimum atomic E-state index is -4.58. The van der Waals surface area contributed by atoms with Crippen molar-refractivity contribution in [1.29, 1.82) is 0 Å². The molecule has 2 N–H and O–H groups in total. The summed E-state index contributed by atoms with van der Waals surface area (Å²) in [6.45, 7) is 10.2. The Morgan fingerprint density at radius 1 is 0.976 bits per heavy atom. The average Bonchev–Trinajstić information content (AvgIpc) is 2.88. The van der Waals surface area contributed by atoms with Crippen LogP contribution in [-0.2, 0) is 16.5 Å². The normalized spacial score (nSPS) is 12.4. The van der Waals surface area contributed by atoms with Crippen molar-refractivity contribution in [3.8, 4) is 11.5 Å². The van der Waals surface area contributed by atoms with E-state index in [2.05, 4.69) is 21.2 Å². The summed E-state index contributed by atoms with van der Waals surface area (Å²) in [4.78, 5) is 32.9. The van der Waals surface area contributed by atoms with Gasteiger partial charge in [-0.3, -0.25) is 14.9 Å². The number of carboxylic acids is 1. The van der Waals surface area contributed by atoms with E-state index in [9.17, 15) is 32.9 Å². The van der Waals surface area contributed by atoms with E-state index >= 15 is 0 Å². The molecule has 0 saturated carbocycles. The fourth-order valence-electron chi connectivity index (χ4n) is 3.49. The summed E-state index contributed by atoms with van der Waals surface area (Å²) < 4.78 is 42.9. The van der Waals surface area contributed by atoms with Crippen molar-refractivity contribution in [3.63, 3.8) is 0 Å². The molecule has 0 fully saturated rings. The third-order valence-electron chi connectivity index (χ3n) is 5.80. The van der Waals surface area contributed by atoms with Crippen LogP contribution in [0, 0.1) is 15.5 Å². The molecule has 0 aliphatic carbocycles. The first kappa shape index (κ1) is 34.6. The number of carbonyl (C=O) groups is 2. The molecule has 13 heteroatoms. The molecule has 226 valence electrons. The minimum absolute atomic E-state index is 0.0244. The highest BCUT2D eigenvalue weighted by Crippen LogP contribution is 2.37. The number of carbonyl (C=O) groups excluding carboxylic acids is 1. The van der Waals surface area contributed by atoms with Gasteiger partial charge in [0, 0.05) is 12.1 Å². The summed E-state index contributed by atoms with van der Waals surface area (Å²) in [5, 5.41) is 22.5. The lowest BCUT2D eigenvalue weighted by Crippen LogP contribution is -2.47. The molecule has 0 aromatic heterocycles. The van der Waals surface area contributed by atoms with Crippen LogP contribution < -0.4 is 10.1 Å². The Labute approximate surface area is 254 Å². The van der Waals surface area contributed by atoms with E-state index in [-0.39, 0.29) is 38.2 Å². The number of halogens is 5. The Morgan fingerprint density at radius 2 is 1.57 bits per heavy atom. The van der Waals surface area contributed by atoms with Gasteiger partial charge in [-0.2, -0.15) is 13.2 Å². The maximum Gasteiger partial charge on any atom is 0.416 e. The summed E-state index contributed by atoms with van der Waals surface area (Å²) in [6.07, 6.45) is -4.58. The zero-order valence-electron chi connectivity index (χ0n) is 23.3. The van der Waals surface area contributed by atoms with E-state index in [1.54, 1.807) is 0 Å². The number of nitrogens with one attached hydrogen (secondary N) is 1. The summed E-state index contributed by atoms with van der Waals surface area (Å²) in [7, 11) is 0. The lowest BCUT2D eigenvalue weighted by Gasteiger charge is -2.31. The number of alkyl halides is 4. The summed E-state index contributed by atoms with van der Waals surface area (Å²) >= 11 is 9.20. The quantitative estimate of drug-likeness (QED) is 0.147. The van der Waals surface area contributed by atoms with Gasteiger partial charge in [0.2, 0.25) is 5.91 Å². The van der Waals surface area contributed by atoms with Crippen molar-refractivity contribution < 1.29 is 37.5 Å². The van der Waals surface area contributed by atoms with Gasteiger partial charge in [-0.1, -0.05) is 78.6 Å². The molecule has 8 nitrogen and oxygen atoms in total. The lowest BCUT2D eigenvalue weighted by atomic mass is 9.89. The molecule has 3 aromatic rings. The molecule has 0 heterocycles. The molecule has 1 atom stereocenters. The van der Waals surface area contributed by atoms with Crippen molar-refractivity contribution in [2.24, 2.45) is 5.41 Å². The number of benzene rings is 3. The molecule has 0 radical (unpaired) electrons. The molecule has 3 aromatic carbocycles. The highest BCUT2D eigenvalue weighted by atomic mass is 79.9. The van der Waals surface area contributed by atoms with E-state index in [4.69, 9.17) is 21.4 Å². The molecule has 42 heavy (non-hydrogen) atoms. The predicted molar refractivity (Wildman–Crippen MR) is 156 cm³/mol. The molecule has 1 unspecified atom stereocenters. The van der Waals surface area contributed by atoms with Gasteiger partial charge in [-0.25, -0.2) is 4.79 Å². The maximum atomic E-state index is 12.6. The molecule has 0 spiro atoms. The second kappa shape index (κ2) is 13.6. The Balaban J connectivity index is 0.000000307. The van der Waals surface area contributed by atoms with Crippen LogP contribution in [0.1, 0.15) is 56.1 Å². The van der Waals surface area contributed by atoms with Crippen LogP contribution in [0.25, 0.3) is 0 Å². The number of hydrogen-bond acceptors (Lipinski definition) is 5. The molecule has 0 saturated heterocycles.